The third kappa shape index (κ3) is 2.63. The van der Waals surface area contributed by atoms with Crippen LogP contribution in [0.1, 0.15) is 25.5 Å². The lowest BCUT2D eigenvalue weighted by Crippen LogP contribution is -2.57. The average Bonchev–Trinajstić information content (AvgIpc) is 2.87. The van der Waals surface area contributed by atoms with Crippen molar-refractivity contribution in [2.45, 2.75) is 38.3 Å². The summed E-state index contributed by atoms with van der Waals surface area (Å²) in [5, 5.41) is 0. The third-order valence-corrected chi connectivity index (χ3v) is 4.44. The molecule has 1 amide bonds. The topological polar surface area (TPSA) is 62.5 Å². The zero-order valence-corrected chi connectivity index (χ0v) is 12.0. The van der Waals surface area contributed by atoms with Gasteiger partial charge in [0.2, 0.25) is 5.91 Å². The van der Waals surface area contributed by atoms with Crippen LogP contribution in [0.25, 0.3) is 0 Å². The predicted octanol–water partition coefficient (Wildman–Crippen LogP) is 0.901. The molecule has 108 valence electrons. The molecule has 0 radical (unpaired) electrons. The van der Waals surface area contributed by atoms with Gasteiger partial charge in [-0.3, -0.25) is 14.7 Å². The fourth-order valence-electron chi connectivity index (χ4n) is 3.33. The monoisotopic (exact) mass is 274 g/mol. The van der Waals surface area contributed by atoms with Gasteiger partial charge in [0.1, 0.15) is 0 Å². The number of rotatable bonds is 2. The number of hydrogen-bond acceptors (Lipinski definition) is 4. The van der Waals surface area contributed by atoms with Gasteiger partial charge < -0.3 is 10.6 Å². The Kier molecular flexibility index (Phi) is 3.61. The van der Waals surface area contributed by atoms with E-state index in [1.165, 1.54) is 19.4 Å². The van der Waals surface area contributed by atoms with E-state index >= 15 is 0 Å². The zero-order valence-electron chi connectivity index (χ0n) is 12.0. The van der Waals surface area contributed by atoms with Crippen LogP contribution in [-0.4, -0.2) is 52.4 Å². The molecule has 5 heteroatoms. The molecule has 0 aliphatic carbocycles. The number of nitrogens with two attached hydrogens (primary N) is 1. The van der Waals surface area contributed by atoms with E-state index in [4.69, 9.17) is 5.73 Å². The van der Waals surface area contributed by atoms with Crippen LogP contribution >= 0.6 is 0 Å². The number of aromatic nitrogens is 1. The van der Waals surface area contributed by atoms with E-state index < -0.39 is 0 Å². The van der Waals surface area contributed by atoms with E-state index in [0.29, 0.717) is 24.2 Å². The summed E-state index contributed by atoms with van der Waals surface area (Å²) in [6.07, 6.45) is 4.47. The highest BCUT2D eigenvalue weighted by molar-refractivity contribution is 5.79. The van der Waals surface area contributed by atoms with Gasteiger partial charge in [-0.25, -0.2) is 0 Å². The number of nitrogens with zero attached hydrogens (tertiary/aromatic N) is 3. The van der Waals surface area contributed by atoms with Crippen LogP contribution in [0.15, 0.2) is 18.3 Å². The molecule has 3 rings (SSSR count). The number of hydrogen-bond donors (Lipinski definition) is 1. The number of fused-ring (bicyclic) bond motifs is 1. The van der Waals surface area contributed by atoms with Gasteiger partial charge in [0.25, 0.3) is 0 Å². The number of carbonyl (C=O) groups excluding carboxylic acids is 1. The summed E-state index contributed by atoms with van der Waals surface area (Å²) in [7, 11) is 0. The summed E-state index contributed by atoms with van der Waals surface area (Å²) >= 11 is 0. The number of carbonyl (C=O) groups is 1. The highest BCUT2D eigenvalue weighted by Crippen LogP contribution is 2.24. The molecular formula is C15H22N4O. The lowest BCUT2D eigenvalue weighted by Gasteiger charge is -2.42. The van der Waals surface area contributed by atoms with Gasteiger partial charge >= 0.3 is 0 Å². The first kappa shape index (κ1) is 13.4. The number of anilines is 1. The Morgan fingerprint density at radius 3 is 3.05 bits per heavy atom. The Labute approximate surface area is 119 Å². The first-order chi connectivity index (χ1) is 9.63. The van der Waals surface area contributed by atoms with E-state index in [1.807, 2.05) is 11.0 Å². The smallest absolute Gasteiger partial charge is 0.228 e. The van der Waals surface area contributed by atoms with E-state index in [2.05, 4.69) is 16.8 Å². The summed E-state index contributed by atoms with van der Waals surface area (Å²) in [6.45, 7) is 5.21. The maximum absolute atomic E-state index is 12.5. The minimum Gasteiger partial charge on any atom is -0.397 e. The van der Waals surface area contributed by atoms with Gasteiger partial charge in [0, 0.05) is 30.9 Å². The number of pyridine rings is 1. The Morgan fingerprint density at radius 1 is 1.45 bits per heavy atom. The summed E-state index contributed by atoms with van der Waals surface area (Å²) in [6, 6.07) is 4.50. The predicted molar refractivity (Wildman–Crippen MR) is 78.1 cm³/mol. The van der Waals surface area contributed by atoms with Crippen molar-refractivity contribution in [2.24, 2.45) is 0 Å². The highest BCUT2D eigenvalue weighted by atomic mass is 16.2. The summed E-state index contributed by atoms with van der Waals surface area (Å²) in [5.74, 6) is 0.182. The van der Waals surface area contributed by atoms with Gasteiger partial charge in [0.15, 0.2) is 0 Å². The fraction of sp³-hybridized carbons (Fsp3) is 0.600. The molecule has 2 unspecified atom stereocenters. The van der Waals surface area contributed by atoms with Crippen molar-refractivity contribution in [3.8, 4) is 0 Å². The van der Waals surface area contributed by atoms with Crippen molar-refractivity contribution < 1.29 is 4.79 Å². The molecule has 0 saturated carbocycles. The Hall–Kier alpha value is -1.62. The molecule has 2 fully saturated rings. The van der Waals surface area contributed by atoms with Crippen LogP contribution in [-0.2, 0) is 11.2 Å². The molecule has 2 aliphatic rings. The van der Waals surface area contributed by atoms with Crippen molar-refractivity contribution in [3.63, 3.8) is 0 Å². The standard InChI is InChI=1S/C15H22N4O/c1-11-9-18-6-2-3-14(18)10-19(11)15(20)7-13-5-4-12(16)8-17-13/h4-5,8,11,14H,2-3,6-7,9-10,16H2,1H3. The van der Waals surface area contributed by atoms with Crippen molar-refractivity contribution in [1.29, 1.82) is 0 Å². The van der Waals surface area contributed by atoms with Gasteiger partial charge in [-0.2, -0.15) is 0 Å². The molecular weight excluding hydrogens is 252 g/mol. The third-order valence-electron chi connectivity index (χ3n) is 4.44. The van der Waals surface area contributed by atoms with E-state index in [-0.39, 0.29) is 5.91 Å². The van der Waals surface area contributed by atoms with Gasteiger partial charge in [-0.15, -0.1) is 0 Å². The molecule has 5 nitrogen and oxygen atoms in total. The van der Waals surface area contributed by atoms with E-state index in [1.54, 1.807) is 12.3 Å². The van der Waals surface area contributed by atoms with Gasteiger partial charge in [-0.05, 0) is 38.4 Å². The van der Waals surface area contributed by atoms with Crippen LogP contribution in [0.4, 0.5) is 5.69 Å². The average molecular weight is 274 g/mol. The number of amides is 1. The van der Waals surface area contributed by atoms with Gasteiger partial charge in [-0.1, -0.05) is 0 Å². The van der Waals surface area contributed by atoms with E-state index in [0.717, 1.165) is 18.8 Å². The second-order valence-corrected chi connectivity index (χ2v) is 5.95. The quantitative estimate of drug-likeness (QED) is 0.870. The van der Waals surface area contributed by atoms with Crippen molar-refractivity contribution in [3.05, 3.63) is 24.0 Å². The van der Waals surface area contributed by atoms with Crippen molar-refractivity contribution in [1.82, 2.24) is 14.8 Å². The van der Waals surface area contributed by atoms with Crippen LogP contribution in [0.5, 0.6) is 0 Å². The lowest BCUT2D eigenvalue weighted by molar-refractivity contribution is -0.136. The molecule has 2 atom stereocenters. The normalized spacial score (nSPS) is 26.6. The molecule has 0 bridgehead atoms. The van der Waals surface area contributed by atoms with E-state index in [9.17, 15) is 4.79 Å². The molecule has 0 aromatic carbocycles. The minimum atomic E-state index is 0.182. The Balaban J connectivity index is 1.65. The molecule has 2 saturated heterocycles. The van der Waals surface area contributed by atoms with Crippen molar-refractivity contribution >= 4 is 11.6 Å². The second-order valence-electron chi connectivity index (χ2n) is 5.95. The maximum atomic E-state index is 12.5. The SMILES string of the molecule is CC1CN2CCCC2CN1C(=O)Cc1ccc(N)cn1. The summed E-state index contributed by atoms with van der Waals surface area (Å²) in [4.78, 5) is 21.3. The molecule has 2 aliphatic heterocycles. The van der Waals surface area contributed by atoms with Crippen LogP contribution in [0.2, 0.25) is 0 Å². The Bertz CT molecular complexity index is 487. The number of piperazine rings is 1. The van der Waals surface area contributed by atoms with Crippen molar-refractivity contribution in [2.75, 3.05) is 25.4 Å². The van der Waals surface area contributed by atoms with Gasteiger partial charge in [0.05, 0.1) is 18.3 Å². The largest absolute Gasteiger partial charge is 0.397 e. The first-order valence-electron chi connectivity index (χ1n) is 7.37. The molecule has 2 N–H and O–H groups in total. The van der Waals surface area contributed by atoms with Crippen LogP contribution in [0.3, 0.4) is 0 Å². The summed E-state index contributed by atoms with van der Waals surface area (Å²) in [5.41, 5.74) is 7.05. The first-order valence-corrected chi connectivity index (χ1v) is 7.37. The second kappa shape index (κ2) is 5.40. The Morgan fingerprint density at radius 2 is 2.30 bits per heavy atom. The molecule has 1 aromatic rings. The maximum Gasteiger partial charge on any atom is 0.228 e. The molecule has 1 aromatic heterocycles. The molecule has 0 spiro atoms. The highest BCUT2D eigenvalue weighted by Gasteiger charge is 2.36. The number of nitrogen functional groups attached to an aromatic ring is 1. The fourth-order valence-corrected chi connectivity index (χ4v) is 3.33. The molecule has 20 heavy (non-hydrogen) atoms. The van der Waals surface area contributed by atoms with Crippen LogP contribution < -0.4 is 5.73 Å². The lowest BCUT2D eigenvalue weighted by atomic mass is 10.1. The summed E-state index contributed by atoms with van der Waals surface area (Å²) < 4.78 is 0. The minimum absolute atomic E-state index is 0.182. The zero-order chi connectivity index (χ0) is 14.1. The van der Waals surface area contributed by atoms with Crippen LogP contribution in [0, 0.1) is 0 Å². The molecule has 3 heterocycles.